The van der Waals surface area contributed by atoms with Crippen molar-refractivity contribution in [2.45, 2.75) is 13.8 Å². The third-order valence-electron chi connectivity index (χ3n) is 4.24. The third-order valence-corrected chi connectivity index (χ3v) is 5.17. The molecule has 1 saturated heterocycles. The molecule has 25 heavy (non-hydrogen) atoms. The SMILES string of the molecule is Cc1cc(C(=O)N2CC(C(=O)Nc3nc4c(C)cccc4s3)C2)no1. The fraction of sp³-hybridized carbons (Fsp3) is 0.294. The number of likely N-dealkylation sites (tertiary alicyclic amines) is 1. The normalized spacial score (nSPS) is 14.6. The highest BCUT2D eigenvalue weighted by molar-refractivity contribution is 7.22. The summed E-state index contributed by atoms with van der Waals surface area (Å²) in [6.45, 7) is 4.48. The van der Waals surface area contributed by atoms with Crippen LogP contribution in [0, 0.1) is 19.8 Å². The molecule has 0 bridgehead atoms. The summed E-state index contributed by atoms with van der Waals surface area (Å²) in [6.07, 6.45) is 0. The lowest BCUT2D eigenvalue weighted by molar-refractivity contribution is -0.123. The molecule has 7 nitrogen and oxygen atoms in total. The van der Waals surface area contributed by atoms with Crippen LogP contribution in [0.3, 0.4) is 0 Å². The summed E-state index contributed by atoms with van der Waals surface area (Å²) in [4.78, 5) is 30.6. The van der Waals surface area contributed by atoms with Crippen molar-refractivity contribution in [3.8, 4) is 0 Å². The van der Waals surface area contributed by atoms with Crippen LogP contribution in [0.4, 0.5) is 5.13 Å². The van der Waals surface area contributed by atoms with Crippen molar-refractivity contribution in [3.63, 3.8) is 0 Å². The molecule has 2 aromatic heterocycles. The molecule has 8 heteroatoms. The smallest absolute Gasteiger partial charge is 0.276 e. The molecule has 1 aliphatic heterocycles. The van der Waals surface area contributed by atoms with Crippen molar-refractivity contribution in [2.75, 3.05) is 18.4 Å². The van der Waals surface area contributed by atoms with E-state index in [2.05, 4.69) is 15.5 Å². The van der Waals surface area contributed by atoms with Gasteiger partial charge in [0.1, 0.15) is 5.76 Å². The first-order valence-corrected chi connectivity index (χ1v) is 8.72. The van der Waals surface area contributed by atoms with Crippen LogP contribution in [0.15, 0.2) is 28.8 Å². The minimum atomic E-state index is -0.231. The Morgan fingerprint density at radius 1 is 1.32 bits per heavy atom. The highest BCUT2D eigenvalue weighted by Gasteiger charge is 2.37. The number of hydrogen-bond donors (Lipinski definition) is 1. The average molecular weight is 356 g/mol. The Bertz CT molecular complexity index is 971. The molecule has 1 fully saturated rings. The van der Waals surface area contributed by atoms with Crippen LogP contribution in [0.5, 0.6) is 0 Å². The van der Waals surface area contributed by atoms with Crippen LogP contribution in [-0.2, 0) is 4.79 Å². The predicted octanol–water partition coefficient (Wildman–Crippen LogP) is 2.61. The maximum absolute atomic E-state index is 12.3. The van der Waals surface area contributed by atoms with E-state index in [1.54, 1.807) is 17.9 Å². The highest BCUT2D eigenvalue weighted by atomic mass is 32.1. The summed E-state index contributed by atoms with van der Waals surface area (Å²) >= 11 is 1.45. The number of fused-ring (bicyclic) bond motifs is 1. The van der Waals surface area contributed by atoms with Gasteiger partial charge in [-0.2, -0.15) is 0 Å². The second kappa shape index (κ2) is 5.96. The van der Waals surface area contributed by atoms with Crippen LogP contribution in [-0.4, -0.2) is 39.9 Å². The Morgan fingerprint density at radius 3 is 2.80 bits per heavy atom. The van der Waals surface area contributed by atoms with Crippen LogP contribution in [0.2, 0.25) is 0 Å². The molecule has 0 spiro atoms. The Kier molecular flexibility index (Phi) is 3.76. The summed E-state index contributed by atoms with van der Waals surface area (Å²) in [5.74, 6) is 0.0305. The molecule has 0 aliphatic carbocycles. The molecule has 128 valence electrons. The van der Waals surface area contributed by atoms with E-state index < -0.39 is 0 Å². The number of rotatable bonds is 3. The second-order valence-corrected chi connectivity index (χ2v) is 7.19. The van der Waals surface area contributed by atoms with Gasteiger partial charge in [-0.25, -0.2) is 4.98 Å². The zero-order valence-corrected chi connectivity index (χ0v) is 14.6. The van der Waals surface area contributed by atoms with Gasteiger partial charge in [0.25, 0.3) is 5.91 Å². The van der Waals surface area contributed by atoms with Crippen molar-refractivity contribution in [1.82, 2.24) is 15.0 Å². The van der Waals surface area contributed by atoms with Gasteiger partial charge >= 0.3 is 0 Å². The zero-order valence-electron chi connectivity index (χ0n) is 13.8. The topological polar surface area (TPSA) is 88.3 Å². The molecule has 1 N–H and O–H groups in total. The molecule has 0 radical (unpaired) electrons. The number of aromatic nitrogens is 2. The zero-order chi connectivity index (χ0) is 17.6. The molecule has 3 heterocycles. The molecule has 0 saturated carbocycles. The number of para-hydroxylation sites is 1. The van der Waals surface area contributed by atoms with Gasteiger partial charge in [-0.3, -0.25) is 9.59 Å². The Hall–Kier alpha value is -2.74. The summed E-state index contributed by atoms with van der Waals surface area (Å²) in [5.41, 5.74) is 2.27. The fourth-order valence-corrected chi connectivity index (χ4v) is 3.73. The largest absolute Gasteiger partial charge is 0.361 e. The van der Waals surface area contributed by atoms with Crippen molar-refractivity contribution >= 4 is 38.5 Å². The van der Waals surface area contributed by atoms with Crippen molar-refractivity contribution in [2.24, 2.45) is 5.92 Å². The van der Waals surface area contributed by atoms with Gasteiger partial charge in [-0.05, 0) is 25.5 Å². The van der Waals surface area contributed by atoms with Crippen LogP contribution < -0.4 is 5.32 Å². The molecular formula is C17H16N4O3S. The van der Waals surface area contributed by atoms with Gasteiger partial charge in [0.2, 0.25) is 5.91 Å². The summed E-state index contributed by atoms with van der Waals surface area (Å²) in [7, 11) is 0. The summed E-state index contributed by atoms with van der Waals surface area (Å²) < 4.78 is 5.96. The van der Waals surface area contributed by atoms with E-state index in [4.69, 9.17) is 4.52 Å². The number of carbonyl (C=O) groups excluding carboxylic acids is 2. The van der Waals surface area contributed by atoms with Crippen molar-refractivity contribution in [1.29, 1.82) is 0 Å². The molecule has 0 atom stereocenters. The molecule has 2 amide bonds. The number of carbonyl (C=O) groups is 2. The van der Waals surface area contributed by atoms with E-state index in [9.17, 15) is 9.59 Å². The number of hydrogen-bond acceptors (Lipinski definition) is 6. The molecule has 3 aromatic rings. The van der Waals surface area contributed by atoms with E-state index in [1.807, 2.05) is 25.1 Å². The fourth-order valence-electron chi connectivity index (χ4n) is 2.79. The van der Waals surface area contributed by atoms with Crippen molar-refractivity contribution in [3.05, 3.63) is 41.3 Å². The van der Waals surface area contributed by atoms with Crippen LogP contribution in [0.25, 0.3) is 10.2 Å². The van der Waals surface area contributed by atoms with Crippen LogP contribution in [0.1, 0.15) is 21.8 Å². The molecule has 4 rings (SSSR count). The third kappa shape index (κ3) is 2.89. The number of thiazole rings is 1. The number of nitrogens with zero attached hydrogens (tertiary/aromatic N) is 3. The van der Waals surface area contributed by atoms with Gasteiger partial charge in [-0.1, -0.05) is 28.6 Å². The Balaban J connectivity index is 1.38. The first kappa shape index (κ1) is 15.8. The van der Waals surface area contributed by atoms with E-state index in [0.717, 1.165) is 15.8 Å². The van der Waals surface area contributed by atoms with Gasteiger partial charge in [0, 0.05) is 19.2 Å². The quantitative estimate of drug-likeness (QED) is 0.779. The number of benzene rings is 1. The lowest BCUT2D eigenvalue weighted by Crippen LogP contribution is -2.54. The first-order valence-electron chi connectivity index (χ1n) is 7.91. The Labute approximate surface area is 147 Å². The molecule has 0 unspecified atom stereocenters. The number of amides is 2. The standard InChI is InChI=1S/C17H16N4O3S/c1-9-4-3-5-13-14(9)18-17(25-13)19-15(22)11-7-21(8-11)16(23)12-6-10(2)24-20-12/h3-6,11H,7-8H2,1-2H3,(H,18,19,22). The summed E-state index contributed by atoms with van der Waals surface area (Å²) in [6, 6.07) is 7.55. The van der Waals surface area contributed by atoms with E-state index >= 15 is 0 Å². The number of anilines is 1. The number of aryl methyl sites for hydroxylation is 2. The van der Waals surface area contributed by atoms with E-state index in [0.29, 0.717) is 24.0 Å². The molecular weight excluding hydrogens is 340 g/mol. The van der Waals surface area contributed by atoms with Gasteiger partial charge < -0.3 is 14.7 Å². The summed E-state index contributed by atoms with van der Waals surface area (Å²) in [5, 5.41) is 7.16. The maximum atomic E-state index is 12.3. The Morgan fingerprint density at radius 2 is 2.12 bits per heavy atom. The minimum absolute atomic E-state index is 0.114. The minimum Gasteiger partial charge on any atom is -0.361 e. The monoisotopic (exact) mass is 356 g/mol. The predicted molar refractivity (Wildman–Crippen MR) is 93.6 cm³/mol. The van der Waals surface area contributed by atoms with Gasteiger partial charge in [0.15, 0.2) is 10.8 Å². The van der Waals surface area contributed by atoms with E-state index in [1.165, 1.54) is 11.3 Å². The highest BCUT2D eigenvalue weighted by Crippen LogP contribution is 2.29. The first-order chi connectivity index (χ1) is 12.0. The molecule has 1 aliphatic rings. The lowest BCUT2D eigenvalue weighted by atomic mass is 9.99. The lowest BCUT2D eigenvalue weighted by Gasteiger charge is -2.37. The number of nitrogens with one attached hydrogen (secondary N) is 1. The van der Waals surface area contributed by atoms with Crippen molar-refractivity contribution < 1.29 is 14.1 Å². The second-order valence-electron chi connectivity index (χ2n) is 6.16. The van der Waals surface area contributed by atoms with Gasteiger partial charge in [0.05, 0.1) is 16.1 Å². The van der Waals surface area contributed by atoms with E-state index in [-0.39, 0.29) is 23.4 Å². The van der Waals surface area contributed by atoms with Crippen LogP contribution >= 0.6 is 11.3 Å². The average Bonchev–Trinajstić information content (AvgIpc) is 3.12. The van der Waals surface area contributed by atoms with Gasteiger partial charge in [-0.15, -0.1) is 0 Å². The maximum Gasteiger partial charge on any atom is 0.276 e. The molecule has 1 aromatic carbocycles.